The van der Waals surface area contributed by atoms with E-state index in [2.05, 4.69) is 152 Å². The largest absolute Gasteiger partial charge is 0.0549 e. The molecule has 0 radical (unpaired) electrons. The van der Waals surface area contributed by atoms with Crippen LogP contribution in [0.25, 0.3) is 183 Å². The van der Waals surface area contributed by atoms with E-state index < -0.39 is 0 Å². The molecule has 0 heteroatoms. The summed E-state index contributed by atoms with van der Waals surface area (Å²) < 4.78 is 0. The maximum atomic E-state index is 2.62. The quantitative estimate of drug-likeness (QED) is 0.105. The zero-order valence-electron chi connectivity index (χ0n) is 50.0. The van der Waals surface area contributed by atoms with Crippen molar-refractivity contribution in [1.82, 2.24) is 0 Å². The smallest absolute Gasteiger partial charge is 0.0000803 e. The van der Waals surface area contributed by atoms with Gasteiger partial charge in [0, 0.05) is 5.41 Å². The van der Waals surface area contributed by atoms with Crippen molar-refractivity contribution in [3.8, 4) is 0 Å². The Hall–Kier alpha value is -7.02. The van der Waals surface area contributed by atoms with Crippen molar-refractivity contribution in [3.05, 3.63) is 111 Å². The molecule has 18 aromatic rings. The van der Waals surface area contributed by atoms with E-state index in [4.69, 9.17) is 0 Å². The molecule has 0 saturated carbocycles. The fourth-order valence-electron chi connectivity index (χ4n) is 20.8. The average Bonchev–Trinajstić information content (AvgIpc) is 1.04. The summed E-state index contributed by atoms with van der Waals surface area (Å²) in [4.78, 5) is 0. The molecule has 0 heterocycles. The Balaban J connectivity index is 1.37. The van der Waals surface area contributed by atoms with E-state index in [-0.39, 0.29) is 10.8 Å². The first-order valence-electron chi connectivity index (χ1n) is 29.5. The summed E-state index contributed by atoms with van der Waals surface area (Å²) in [6.07, 6.45) is 0. The summed E-state index contributed by atoms with van der Waals surface area (Å²) in [6, 6.07) is 0. The van der Waals surface area contributed by atoms with Crippen LogP contribution < -0.4 is 0 Å². The highest BCUT2D eigenvalue weighted by molar-refractivity contribution is 6.67. The number of hydrogen-bond donors (Lipinski definition) is 0. The monoisotopic (exact) mass is 1000 g/mol. The Morgan fingerprint density at radius 2 is 0.269 bits per heavy atom. The molecule has 18 aromatic carbocycles. The number of hydrogen-bond acceptors (Lipinski definition) is 0. The van der Waals surface area contributed by atoms with E-state index in [1.165, 1.54) is 219 Å². The lowest BCUT2D eigenvalue weighted by atomic mass is 9.64. The molecule has 78 heavy (non-hydrogen) atoms. The molecule has 0 atom stereocenters. The van der Waals surface area contributed by atoms with Crippen molar-refractivity contribution in [3.63, 3.8) is 0 Å². The van der Waals surface area contributed by atoms with Gasteiger partial charge in [0.2, 0.25) is 0 Å². The molecule has 0 aliphatic heterocycles. The van der Waals surface area contributed by atoms with Gasteiger partial charge in [0.1, 0.15) is 0 Å². The molecule has 0 saturated heterocycles. The van der Waals surface area contributed by atoms with Crippen LogP contribution in [0.5, 0.6) is 0 Å². The first-order chi connectivity index (χ1) is 36.9. The van der Waals surface area contributed by atoms with Gasteiger partial charge in [0.15, 0.2) is 0 Å². The van der Waals surface area contributed by atoms with Crippen LogP contribution in [0.3, 0.4) is 0 Å². The maximum absolute atomic E-state index is 2.62. The van der Waals surface area contributed by atoms with Gasteiger partial charge in [-0.15, -0.1) is 0 Å². The topological polar surface area (TPSA) is 0 Å². The molecule has 0 aromatic heterocycles. The van der Waals surface area contributed by atoms with Crippen LogP contribution in [0.1, 0.15) is 139 Å². The van der Waals surface area contributed by atoms with Crippen molar-refractivity contribution < 1.29 is 0 Å². The van der Waals surface area contributed by atoms with Crippen molar-refractivity contribution >= 4 is 183 Å². The van der Waals surface area contributed by atoms with Gasteiger partial charge in [-0.2, -0.15) is 0 Å². The summed E-state index contributed by atoms with van der Waals surface area (Å²) >= 11 is 0. The molecule has 0 N–H and O–H groups in total. The Morgan fingerprint density at radius 3 is 0.564 bits per heavy atom. The highest BCUT2D eigenvalue weighted by Gasteiger charge is 2.51. The highest BCUT2D eigenvalue weighted by atomic mass is 14.5. The zero-order valence-corrected chi connectivity index (χ0v) is 50.0. The van der Waals surface area contributed by atoms with E-state index in [0.29, 0.717) is 0 Å². The number of benzene rings is 18. The summed E-state index contributed by atoms with van der Waals surface area (Å²) in [5.41, 5.74) is 29.2. The molecule has 19 rings (SSSR count). The molecule has 1 aliphatic rings. The number of rotatable bonds is 0. The van der Waals surface area contributed by atoms with Crippen LogP contribution in [0, 0.1) is 125 Å². The molecular formula is C78H66. The molecule has 0 fully saturated rings. The van der Waals surface area contributed by atoms with Gasteiger partial charge in [-0.1, -0.05) is 27.7 Å². The van der Waals surface area contributed by atoms with Crippen LogP contribution in [-0.2, 0) is 10.8 Å². The maximum Gasteiger partial charge on any atom is 0.0000803 e. The molecular weight excluding hydrogens is 937 g/mol. The normalized spacial score (nSPS) is 15.8. The second-order valence-corrected chi connectivity index (χ2v) is 28.0. The molecule has 0 nitrogen and oxygen atoms in total. The number of aryl methyl sites for hydroxylation is 14. The van der Waals surface area contributed by atoms with Crippen molar-refractivity contribution in [2.24, 2.45) is 0 Å². The third-order valence-electron chi connectivity index (χ3n) is 25.6. The lowest BCUT2D eigenvalue weighted by molar-refractivity contribution is 0.323. The van der Waals surface area contributed by atoms with Crippen LogP contribution >= 0.6 is 0 Å². The van der Waals surface area contributed by atoms with Gasteiger partial charge in [-0.3, -0.25) is 0 Å². The minimum absolute atomic E-state index is 0.107. The predicted molar refractivity (Wildman–Crippen MR) is 347 cm³/mol. The third-order valence-corrected chi connectivity index (χ3v) is 25.6. The van der Waals surface area contributed by atoms with Gasteiger partial charge < -0.3 is 0 Å². The predicted octanol–water partition coefficient (Wildman–Crippen LogP) is 22.8. The standard InChI is InChI=1S/C78H66/c1-23-26(4)41-38(16)44-39(17)42-27(5)24(2)30(8)46-49-34(12)35(13)51-52-36(14)37(15)75-74-62(52)71-63-53(76(74)78(21,22)77(75,19)20)40(18)43-28(6)25(3)31(9)47-50-33(11)32(10)48-45(29(23)7)54(41)64-57(44)65(55(42)46)68-59(49)61(51)70(71)73-69(66(63)56(43)47)60(50)58(48)67(64)72(68)73/h1-22H3. The van der Waals surface area contributed by atoms with Crippen LogP contribution in [0.4, 0.5) is 0 Å². The summed E-state index contributed by atoms with van der Waals surface area (Å²) in [5, 5.41) is 52.0. The molecule has 0 bridgehead atoms. The second-order valence-electron chi connectivity index (χ2n) is 28.0. The zero-order chi connectivity index (χ0) is 54.2. The minimum Gasteiger partial charge on any atom is -0.0549 e. The first-order valence-corrected chi connectivity index (χ1v) is 29.5. The SMILES string of the molecule is Cc1c(C)c2c(C)c3c(C)c4c(C)c(C)c(C)c5c6c(C)c(C)c7c8c(C)c(C)c9c%10c(c%11c(C)c%12c(C)c(C)c(C)c%13c%14c(C)c(C)c%15c(c1C)c2c1c3c(c45)c2c6c7c3c(c%108)c%11c(c%12%13)c4c%14c%15c1c2c43)C(C)(C)C9(C)C. The fourth-order valence-corrected chi connectivity index (χ4v) is 20.8. The molecule has 0 spiro atoms. The molecule has 0 amide bonds. The van der Waals surface area contributed by atoms with Crippen molar-refractivity contribution in [2.75, 3.05) is 0 Å². The Labute approximate surface area is 455 Å². The highest BCUT2D eigenvalue weighted by Crippen LogP contribution is 2.70. The van der Waals surface area contributed by atoms with E-state index >= 15 is 0 Å². The van der Waals surface area contributed by atoms with E-state index in [0.717, 1.165) is 0 Å². The van der Waals surface area contributed by atoms with Gasteiger partial charge in [0.25, 0.3) is 0 Å². The summed E-state index contributed by atoms with van der Waals surface area (Å²) in [7, 11) is 0. The second kappa shape index (κ2) is 11.9. The van der Waals surface area contributed by atoms with E-state index in [1.54, 1.807) is 75.8 Å². The molecule has 378 valence electrons. The lowest BCUT2D eigenvalue weighted by Gasteiger charge is -2.39. The lowest BCUT2D eigenvalue weighted by Crippen LogP contribution is -2.36. The van der Waals surface area contributed by atoms with Crippen molar-refractivity contribution in [1.29, 1.82) is 0 Å². The molecule has 1 aliphatic carbocycles. The summed E-state index contributed by atoms with van der Waals surface area (Å²) in [5.74, 6) is 0. The Bertz CT molecular complexity index is 5980. The fraction of sp³-hybridized carbons (Fsp3) is 0.308. The number of fused-ring (bicyclic) bond motifs is 5. The van der Waals surface area contributed by atoms with Crippen LogP contribution in [-0.4, -0.2) is 0 Å². The third kappa shape index (κ3) is 3.59. The van der Waals surface area contributed by atoms with Gasteiger partial charge in [0.05, 0.1) is 0 Å². The molecule has 0 unspecified atom stereocenters. The van der Waals surface area contributed by atoms with E-state index in [1.807, 2.05) is 0 Å². The van der Waals surface area contributed by atoms with Crippen molar-refractivity contribution in [2.45, 2.75) is 163 Å². The first kappa shape index (κ1) is 43.9. The summed E-state index contributed by atoms with van der Waals surface area (Å²) in [6.45, 7) is 55.3. The van der Waals surface area contributed by atoms with Gasteiger partial charge >= 0.3 is 0 Å². The van der Waals surface area contributed by atoms with Gasteiger partial charge in [-0.25, -0.2) is 0 Å². The van der Waals surface area contributed by atoms with Gasteiger partial charge in [-0.05, 0) is 424 Å². The Morgan fingerprint density at radius 1 is 0.115 bits per heavy atom. The van der Waals surface area contributed by atoms with Crippen LogP contribution in [0.15, 0.2) is 0 Å². The minimum atomic E-state index is -0.145. The van der Waals surface area contributed by atoms with Crippen LogP contribution in [0.2, 0.25) is 0 Å². The average molecular weight is 1000 g/mol. The van der Waals surface area contributed by atoms with E-state index in [9.17, 15) is 0 Å². The Kier molecular flexibility index (Phi) is 6.72.